The van der Waals surface area contributed by atoms with Gasteiger partial charge in [-0.3, -0.25) is 14.5 Å². The standard InChI is InChI=1S/C18H14N2O6S/c21-15-14(19-13-6-4-11(5-7-13)16(22)23)27-18(26)20(15)9-10-2-1-3-12(8-10)17(24)25/h1-8,14,19H,9H2,(H,22,23)(H,24,25)/t14-/m1/s1. The average molecular weight is 386 g/mol. The molecular formula is C18H14N2O6S. The summed E-state index contributed by atoms with van der Waals surface area (Å²) < 4.78 is 0. The number of carbonyl (C=O) groups is 4. The molecule has 1 aliphatic heterocycles. The van der Waals surface area contributed by atoms with Gasteiger partial charge in [-0.2, -0.15) is 0 Å². The number of carboxylic acids is 2. The molecule has 8 nitrogen and oxygen atoms in total. The molecule has 2 aromatic rings. The minimum Gasteiger partial charge on any atom is -0.478 e. The Labute approximate surface area is 157 Å². The van der Waals surface area contributed by atoms with Crippen molar-refractivity contribution in [3.05, 3.63) is 65.2 Å². The Morgan fingerprint density at radius 2 is 1.67 bits per heavy atom. The molecule has 27 heavy (non-hydrogen) atoms. The highest BCUT2D eigenvalue weighted by Gasteiger charge is 2.39. The largest absolute Gasteiger partial charge is 0.478 e. The second-order valence-corrected chi connectivity index (χ2v) is 6.78. The molecule has 0 bridgehead atoms. The zero-order valence-corrected chi connectivity index (χ0v) is 14.6. The molecule has 0 aliphatic carbocycles. The molecule has 2 aromatic carbocycles. The van der Waals surface area contributed by atoms with Crippen molar-refractivity contribution in [3.63, 3.8) is 0 Å². The zero-order valence-electron chi connectivity index (χ0n) is 13.8. The molecule has 3 rings (SSSR count). The topological polar surface area (TPSA) is 124 Å². The van der Waals surface area contributed by atoms with E-state index in [0.717, 1.165) is 16.7 Å². The lowest BCUT2D eigenvalue weighted by Gasteiger charge is -2.15. The molecular weight excluding hydrogens is 372 g/mol. The van der Waals surface area contributed by atoms with E-state index in [-0.39, 0.29) is 17.7 Å². The highest BCUT2D eigenvalue weighted by Crippen LogP contribution is 2.29. The predicted octanol–water partition coefficient (Wildman–Crippen LogP) is 2.72. The van der Waals surface area contributed by atoms with E-state index in [4.69, 9.17) is 10.2 Å². The van der Waals surface area contributed by atoms with Crippen LogP contribution in [0.5, 0.6) is 0 Å². The SMILES string of the molecule is O=C(O)c1ccc(N[C@@H]2SC(=O)N(Cc3cccc(C(=O)O)c3)C2=O)cc1. The number of rotatable bonds is 6. The molecule has 138 valence electrons. The van der Waals surface area contributed by atoms with Crippen molar-refractivity contribution in [1.82, 2.24) is 4.90 Å². The average Bonchev–Trinajstić information content (AvgIpc) is 2.90. The maximum atomic E-state index is 12.5. The molecule has 1 aliphatic rings. The highest BCUT2D eigenvalue weighted by molar-refractivity contribution is 8.15. The summed E-state index contributed by atoms with van der Waals surface area (Å²) in [6.07, 6.45) is 0. The van der Waals surface area contributed by atoms with Crippen molar-refractivity contribution in [2.45, 2.75) is 11.9 Å². The maximum absolute atomic E-state index is 12.5. The van der Waals surface area contributed by atoms with Gasteiger partial charge in [-0.1, -0.05) is 12.1 Å². The van der Waals surface area contributed by atoms with E-state index in [1.807, 2.05) is 0 Å². The molecule has 9 heteroatoms. The summed E-state index contributed by atoms with van der Waals surface area (Å²) >= 11 is 0.811. The Bertz CT molecular complexity index is 928. The van der Waals surface area contributed by atoms with Gasteiger partial charge in [-0.05, 0) is 53.7 Å². The van der Waals surface area contributed by atoms with Gasteiger partial charge < -0.3 is 15.5 Å². The van der Waals surface area contributed by atoms with Crippen LogP contribution < -0.4 is 5.32 Å². The Morgan fingerprint density at radius 3 is 2.30 bits per heavy atom. The Morgan fingerprint density at radius 1 is 1.00 bits per heavy atom. The number of imide groups is 1. The van der Waals surface area contributed by atoms with Gasteiger partial charge in [-0.15, -0.1) is 0 Å². The quantitative estimate of drug-likeness (QED) is 0.692. The van der Waals surface area contributed by atoms with Gasteiger partial charge in [0.15, 0.2) is 5.37 Å². The smallest absolute Gasteiger partial charge is 0.335 e. The molecule has 3 N–H and O–H groups in total. The third-order valence-electron chi connectivity index (χ3n) is 3.87. The number of benzene rings is 2. The second kappa shape index (κ2) is 7.50. The summed E-state index contributed by atoms with van der Waals surface area (Å²) in [7, 11) is 0. The molecule has 0 spiro atoms. The molecule has 1 saturated heterocycles. The third-order valence-corrected chi connectivity index (χ3v) is 4.85. The molecule has 1 atom stereocenters. The van der Waals surface area contributed by atoms with Crippen LogP contribution in [-0.2, 0) is 11.3 Å². The molecule has 2 amide bonds. The number of carboxylic acid groups (broad SMARTS) is 2. The van der Waals surface area contributed by atoms with E-state index in [2.05, 4.69) is 5.32 Å². The summed E-state index contributed by atoms with van der Waals surface area (Å²) in [4.78, 5) is 47.7. The Kier molecular flexibility index (Phi) is 5.13. The lowest BCUT2D eigenvalue weighted by Crippen LogP contribution is -2.34. The molecule has 0 saturated carbocycles. The van der Waals surface area contributed by atoms with Crippen LogP contribution >= 0.6 is 11.8 Å². The third kappa shape index (κ3) is 4.09. The van der Waals surface area contributed by atoms with Gasteiger partial charge in [0.05, 0.1) is 17.7 Å². The van der Waals surface area contributed by atoms with Crippen LogP contribution in [0, 0.1) is 0 Å². The van der Waals surface area contributed by atoms with E-state index in [1.165, 1.54) is 36.4 Å². The summed E-state index contributed by atoms with van der Waals surface area (Å²) in [5.74, 6) is -2.60. The van der Waals surface area contributed by atoms with Crippen molar-refractivity contribution in [2.24, 2.45) is 0 Å². The molecule has 0 aromatic heterocycles. The van der Waals surface area contributed by atoms with Crippen molar-refractivity contribution in [2.75, 3.05) is 5.32 Å². The van der Waals surface area contributed by atoms with Crippen molar-refractivity contribution < 1.29 is 29.4 Å². The number of hydrogen-bond donors (Lipinski definition) is 3. The summed E-state index contributed by atoms with van der Waals surface area (Å²) in [6.45, 7) is -0.0259. The van der Waals surface area contributed by atoms with Crippen LogP contribution in [-0.4, -0.2) is 43.6 Å². The molecule has 1 fully saturated rings. The number of amides is 2. The fourth-order valence-corrected chi connectivity index (χ4v) is 3.43. The van der Waals surface area contributed by atoms with Crippen LogP contribution in [0.1, 0.15) is 26.3 Å². The first kappa shape index (κ1) is 18.5. The van der Waals surface area contributed by atoms with Gasteiger partial charge in [0, 0.05) is 5.69 Å². The summed E-state index contributed by atoms with van der Waals surface area (Å²) in [5.41, 5.74) is 1.23. The van der Waals surface area contributed by atoms with E-state index in [9.17, 15) is 19.2 Å². The van der Waals surface area contributed by atoms with Crippen LogP contribution in [0.15, 0.2) is 48.5 Å². The minimum absolute atomic E-state index is 0.0259. The van der Waals surface area contributed by atoms with Gasteiger partial charge in [0.25, 0.3) is 11.1 Å². The highest BCUT2D eigenvalue weighted by atomic mass is 32.2. The van der Waals surface area contributed by atoms with E-state index in [1.54, 1.807) is 12.1 Å². The van der Waals surface area contributed by atoms with Crippen molar-refractivity contribution in [3.8, 4) is 0 Å². The first-order valence-corrected chi connectivity index (χ1v) is 8.67. The number of anilines is 1. The predicted molar refractivity (Wildman–Crippen MR) is 97.8 cm³/mol. The van der Waals surface area contributed by atoms with Crippen LogP contribution in [0.4, 0.5) is 10.5 Å². The Hall–Kier alpha value is -3.33. The maximum Gasteiger partial charge on any atom is 0.335 e. The second-order valence-electron chi connectivity index (χ2n) is 5.72. The normalized spacial score (nSPS) is 16.4. The number of nitrogens with zero attached hydrogens (tertiary/aromatic N) is 1. The lowest BCUT2D eigenvalue weighted by molar-refractivity contribution is -0.126. The van der Waals surface area contributed by atoms with E-state index < -0.39 is 28.5 Å². The van der Waals surface area contributed by atoms with Crippen LogP contribution in [0.25, 0.3) is 0 Å². The number of aromatic carboxylic acids is 2. The van der Waals surface area contributed by atoms with Gasteiger partial charge in [0.2, 0.25) is 0 Å². The van der Waals surface area contributed by atoms with E-state index in [0.29, 0.717) is 11.3 Å². The lowest BCUT2D eigenvalue weighted by atomic mass is 10.1. The number of carbonyl (C=O) groups excluding carboxylic acids is 2. The van der Waals surface area contributed by atoms with Crippen LogP contribution in [0.2, 0.25) is 0 Å². The minimum atomic E-state index is -1.09. The first-order chi connectivity index (χ1) is 12.8. The van der Waals surface area contributed by atoms with Crippen molar-refractivity contribution in [1.29, 1.82) is 0 Å². The summed E-state index contributed by atoms with van der Waals surface area (Å²) in [5, 5.41) is 19.5. The van der Waals surface area contributed by atoms with E-state index >= 15 is 0 Å². The number of hydrogen-bond acceptors (Lipinski definition) is 6. The number of thioether (sulfide) groups is 1. The molecule has 0 unspecified atom stereocenters. The first-order valence-electron chi connectivity index (χ1n) is 7.79. The van der Waals surface area contributed by atoms with Gasteiger partial charge >= 0.3 is 11.9 Å². The van der Waals surface area contributed by atoms with Gasteiger partial charge in [0.1, 0.15) is 0 Å². The monoisotopic (exact) mass is 386 g/mol. The summed E-state index contributed by atoms with van der Waals surface area (Å²) in [6, 6.07) is 11.9. The van der Waals surface area contributed by atoms with Crippen molar-refractivity contribution >= 4 is 40.5 Å². The number of nitrogens with one attached hydrogen (secondary N) is 1. The fourth-order valence-electron chi connectivity index (χ4n) is 2.53. The van der Waals surface area contributed by atoms with Gasteiger partial charge in [-0.25, -0.2) is 9.59 Å². The Balaban J connectivity index is 1.70. The molecule has 1 heterocycles. The molecule has 0 radical (unpaired) electrons. The fraction of sp³-hybridized carbons (Fsp3) is 0.111. The van der Waals surface area contributed by atoms with Crippen LogP contribution in [0.3, 0.4) is 0 Å². The zero-order chi connectivity index (χ0) is 19.6.